The van der Waals surface area contributed by atoms with Crippen LogP contribution in [0.2, 0.25) is 0 Å². The van der Waals surface area contributed by atoms with Crippen LogP contribution in [0, 0.1) is 5.92 Å². The predicted molar refractivity (Wildman–Crippen MR) is 74.5 cm³/mol. The number of nitrogens with zero attached hydrogens (tertiary/aromatic N) is 2. The van der Waals surface area contributed by atoms with Gasteiger partial charge in [-0.25, -0.2) is 4.98 Å². The van der Waals surface area contributed by atoms with E-state index in [9.17, 15) is 0 Å². The number of hydrogen-bond donors (Lipinski definition) is 1. The molecule has 1 aromatic heterocycles. The molecule has 1 aliphatic carbocycles. The van der Waals surface area contributed by atoms with Crippen molar-refractivity contribution in [3.63, 3.8) is 0 Å². The molecule has 96 valence electrons. The van der Waals surface area contributed by atoms with Crippen molar-refractivity contribution in [2.24, 2.45) is 18.7 Å². The normalized spacial score (nSPS) is 18.6. The fourth-order valence-electron chi connectivity index (χ4n) is 3.36. The number of aryl methyl sites for hydroxylation is 1. The second kappa shape index (κ2) is 4.73. The van der Waals surface area contributed by atoms with Gasteiger partial charge in [-0.3, -0.25) is 0 Å². The largest absolute Gasteiger partial charge is 0.331 e. The van der Waals surface area contributed by atoms with Crippen LogP contribution in [0.4, 0.5) is 0 Å². The molecule has 0 saturated heterocycles. The minimum atomic E-state index is 0.421. The zero-order valence-electron chi connectivity index (χ0n) is 11.0. The first-order chi connectivity index (χ1) is 8.81. The van der Waals surface area contributed by atoms with Gasteiger partial charge in [0.25, 0.3) is 0 Å². The molecule has 0 amide bonds. The molecule has 0 spiro atoms. The second-order valence-corrected chi connectivity index (χ2v) is 5.40. The lowest BCUT2D eigenvalue weighted by Gasteiger charge is -2.21. The smallest absolute Gasteiger partial charge is 0.114 e. The van der Waals surface area contributed by atoms with Crippen LogP contribution in [0.3, 0.4) is 0 Å². The minimum Gasteiger partial charge on any atom is -0.331 e. The van der Waals surface area contributed by atoms with Gasteiger partial charge in [-0.15, -0.1) is 0 Å². The van der Waals surface area contributed by atoms with Gasteiger partial charge in [0.2, 0.25) is 0 Å². The zero-order valence-corrected chi connectivity index (χ0v) is 11.0. The molecule has 1 saturated carbocycles. The average molecular weight is 243 g/mol. The van der Waals surface area contributed by atoms with Gasteiger partial charge in [0, 0.05) is 19.5 Å². The Labute approximate surface area is 108 Å². The van der Waals surface area contributed by atoms with E-state index in [1.54, 1.807) is 0 Å². The summed E-state index contributed by atoms with van der Waals surface area (Å²) in [5.74, 6) is 2.32. The Morgan fingerprint density at radius 3 is 2.72 bits per heavy atom. The van der Waals surface area contributed by atoms with E-state index in [4.69, 9.17) is 10.7 Å². The SMILES string of the molecule is Cn1c(C(CN)C2CCCC2)nc2ccccc21. The van der Waals surface area contributed by atoms with Crippen LogP contribution in [0.25, 0.3) is 11.0 Å². The molecular weight excluding hydrogens is 222 g/mol. The molecule has 0 bridgehead atoms. The molecule has 1 aliphatic rings. The summed E-state index contributed by atoms with van der Waals surface area (Å²) >= 11 is 0. The van der Waals surface area contributed by atoms with E-state index in [0.717, 1.165) is 11.4 Å². The van der Waals surface area contributed by atoms with E-state index in [1.807, 2.05) is 6.07 Å². The lowest BCUT2D eigenvalue weighted by Crippen LogP contribution is -2.22. The van der Waals surface area contributed by atoms with E-state index in [-0.39, 0.29) is 0 Å². The number of aromatic nitrogens is 2. The third-order valence-electron chi connectivity index (χ3n) is 4.38. The fraction of sp³-hybridized carbons (Fsp3) is 0.533. The first kappa shape index (κ1) is 11.7. The number of hydrogen-bond acceptors (Lipinski definition) is 2. The first-order valence-electron chi connectivity index (χ1n) is 6.92. The predicted octanol–water partition coefficient (Wildman–Crippen LogP) is 2.81. The Kier molecular flexibility index (Phi) is 3.08. The molecular formula is C15H21N3. The van der Waals surface area contributed by atoms with Gasteiger partial charge >= 0.3 is 0 Å². The molecule has 0 aliphatic heterocycles. The molecule has 3 nitrogen and oxygen atoms in total. The van der Waals surface area contributed by atoms with Crippen molar-refractivity contribution in [2.75, 3.05) is 6.54 Å². The van der Waals surface area contributed by atoms with Crippen molar-refractivity contribution in [1.82, 2.24) is 9.55 Å². The van der Waals surface area contributed by atoms with Gasteiger partial charge in [-0.1, -0.05) is 25.0 Å². The van der Waals surface area contributed by atoms with E-state index in [0.29, 0.717) is 12.5 Å². The summed E-state index contributed by atoms with van der Waals surface area (Å²) in [5.41, 5.74) is 8.32. The maximum Gasteiger partial charge on any atom is 0.114 e. The zero-order chi connectivity index (χ0) is 12.5. The highest BCUT2D eigenvalue weighted by Gasteiger charge is 2.28. The van der Waals surface area contributed by atoms with Gasteiger partial charge < -0.3 is 10.3 Å². The number of benzene rings is 1. The van der Waals surface area contributed by atoms with Crippen molar-refractivity contribution < 1.29 is 0 Å². The van der Waals surface area contributed by atoms with Crippen molar-refractivity contribution in [3.8, 4) is 0 Å². The Morgan fingerprint density at radius 1 is 1.33 bits per heavy atom. The van der Waals surface area contributed by atoms with Crippen LogP contribution >= 0.6 is 0 Å². The van der Waals surface area contributed by atoms with Crippen molar-refractivity contribution in [2.45, 2.75) is 31.6 Å². The second-order valence-electron chi connectivity index (χ2n) is 5.40. The van der Waals surface area contributed by atoms with Gasteiger partial charge in [-0.2, -0.15) is 0 Å². The number of imidazole rings is 1. The highest BCUT2D eigenvalue weighted by Crippen LogP contribution is 2.37. The summed E-state index contributed by atoms with van der Waals surface area (Å²) in [7, 11) is 2.11. The maximum atomic E-state index is 6.02. The number of rotatable bonds is 3. The van der Waals surface area contributed by atoms with Crippen LogP contribution in [-0.4, -0.2) is 16.1 Å². The van der Waals surface area contributed by atoms with Gasteiger partial charge in [-0.05, 0) is 30.9 Å². The molecule has 1 aromatic carbocycles. The number of nitrogens with two attached hydrogens (primary N) is 1. The number of para-hydroxylation sites is 2. The highest BCUT2D eigenvalue weighted by atomic mass is 15.1. The lowest BCUT2D eigenvalue weighted by molar-refractivity contribution is 0.417. The number of fused-ring (bicyclic) bond motifs is 1. The summed E-state index contributed by atoms with van der Waals surface area (Å²) in [5, 5.41) is 0. The van der Waals surface area contributed by atoms with E-state index in [2.05, 4.69) is 29.8 Å². The van der Waals surface area contributed by atoms with Crippen LogP contribution in [0.1, 0.15) is 37.4 Å². The lowest BCUT2D eigenvalue weighted by atomic mass is 9.90. The van der Waals surface area contributed by atoms with Gasteiger partial charge in [0.1, 0.15) is 5.82 Å². The molecule has 1 unspecified atom stereocenters. The van der Waals surface area contributed by atoms with E-state index < -0.39 is 0 Å². The van der Waals surface area contributed by atoms with Crippen LogP contribution in [0.5, 0.6) is 0 Å². The Bertz CT molecular complexity index is 538. The molecule has 1 atom stereocenters. The summed E-state index contributed by atoms with van der Waals surface area (Å²) < 4.78 is 2.23. The monoisotopic (exact) mass is 243 g/mol. The van der Waals surface area contributed by atoms with E-state index >= 15 is 0 Å². The van der Waals surface area contributed by atoms with Gasteiger partial charge in [0.05, 0.1) is 11.0 Å². The molecule has 2 N–H and O–H groups in total. The van der Waals surface area contributed by atoms with Crippen molar-refractivity contribution in [3.05, 3.63) is 30.1 Å². The van der Waals surface area contributed by atoms with Crippen LogP contribution in [0.15, 0.2) is 24.3 Å². The molecule has 0 radical (unpaired) electrons. The summed E-state index contributed by atoms with van der Waals surface area (Å²) in [6.07, 6.45) is 5.33. The Morgan fingerprint density at radius 2 is 2.06 bits per heavy atom. The summed E-state index contributed by atoms with van der Waals surface area (Å²) in [6, 6.07) is 8.34. The topological polar surface area (TPSA) is 43.8 Å². The first-order valence-corrected chi connectivity index (χ1v) is 6.92. The van der Waals surface area contributed by atoms with Crippen LogP contribution in [-0.2, 0) is 7.05 Å². The standard InChI is InChI=1S/C15H21N3/c1-18-14-9-5-4-8-13(14)17-15(18)12(10-16)11-6-2-3-7-11/h4-5,8-9,11-12H,2-3,6-7,10,16H2,1H3. The Balaban J connectivity index is 2.03. The molecule has 18 heavy (non-hydrogen) atoms. The summed E-state index contributed by atoms with van der Waals surface area (Å²) in [4.78, 5) is 4.81. The third-order valence-corrected chi connectivity index (χ3v) is 4.38. The molecule has 2 aromatic rings. The minimum absolute atomic E-state index is 0.421. The van der Waals surface area contributed by atoms with Crippen molar-refractivity contribution in [1.29, 1.82) is 0 Å². The highest BCUT2D eigenvalue weighted by molar-refractivity contribution is 5.75. The quantitative estimate of drug-likeness (QED) is 0.901. The molecule has 3 heteroatoms. The van der Waals surface area contributed by atoms with E-state index in [1.165, 1.54) is 37.0 Å². The maximum absolute atomic E-state index is 6.02. The van der Waals surface area contributed by atoms with Crippen LogP contribution < -0.4 is 5.73 Å². The average Bonchev–Trinajstić information content (AvgIpc) is 3.01. The Hall–Kier alpha value is -1.35. The third kappa shape index (κ3) is 1.83. The molecule has 1 fully saturated rings. The fourth-order valence-corrected chi connectivity index (χ4v) is 3.36. The van der Waals surface area contributed by atoms with Crippen molar-refractivity contribution >= 4 is 11.0 Å². The summed E-state index contributed by atoms with van der Waals surface area (Å²) in [6.45, 7) is 0.710. The molecule has 3 rings (SSSR count). The van der Waals surface area contributed by atoms with Gasteiger partial charge in [0.15, 0.2) is 0 Å². The molecule has 1 heterocycles.